The molecule has 0 radical (unpaired) electrons. The third-order valence-electron chi connectivity index (χ3n) is 4.55. The van der Waals surface area contributed by atoms with Crippen LogP contribution in [-0.4, -0.2) is 35.0 Å². The smallest absolute Gasteiger partial charge is 0.203 e. The van der Waals surface area contributed by atoms with E-state index in [0.29, 0.717) is 36.0 Å². The van der Waals surface area contributed by atoms with E-state index in [0.717, 1.165) is 23.3 Å². The molecule has 0 bridgehead atoms. The minimum atomic E-state index is -0.305. The third kappa shape index (κ3) is 3.49. The minimum absolute atomic E-state index is 0.181. The molecule has 6 heteroatoms. The molecule has 0 amide bonds. The van der Waals surface area contributed by atoms with Gasteiger partial charge < -0.3 is 23.7 Å². The summed E-state index contributed by atoms with van der Waals surface area (Å²) in [6.07, 6.45) is 1.41. The lowest BCUT2D eigenvalue weighted by Gasteiger charge is -2.28. The Bertz CT molecular complexity index is 790. The molecule has 1 aliphatic heterocycles. The molecule has 0 aliphatic carbocycles. The summed E-state index contributed by atoms with van der Waals surface area (Å²) in [7, 11) is 6.28. The van der Waals surface area contributed by atoms with Crippen LogP contribution in [0.4, 0.5) is 4.39 Å². The van der Waals surface area contributed by atoms with Crippen LogP contribution in [0.15, 0.2) is 24.3 Å². The summed E-state index contributed by atoms with van der Waals surface area (Å²) in [6, 6.07) is 6.57. The van der Waals surface area contributed by atoms with Crippen LogP contribution in [0.3, 0.4) is 0 Å². The van der Waals surface area contributed by atoms with Gasteiger partial charge in [0.2, 0.25) is 5.75 Å². The van der Waals surface area contributed by atoms with E-state index in [1.807, 2.05) is 12.1 Å². The fourth-order valence-corrected chi connectivity index (χ4v) is 3.39. The quantitative estimate of drug-likeness (QED) is 0.785. The fourth-order valence-electron chi connectivity index (χ4n) is 3.39. The van der Waals surface area contributed by atoms with Crippen LogP contribution >= 0.6 is 0 Å². The van der Waals surface area contributed by atoms with Gasteiger partial charge in [0.25, 0.3) is 0 Å². The van der Waals surface area contributed by atoms with E-state index in [9.17, 15) is 4.39 Å². The molecule has 2 aromatic rings. The molecule has 2 aromatic carbocycles. The van der Waals surface area contributed by atoms with Gasteiger partial charge in [0, 0.05) is 23.6 Å². The summed E-state index contributed by atoms with van der Waals surface area (Å²) < 4.78 is 41.2. The number of methoxy groups -OCH3 is 4. The first-order valence-corrected chi connectivity index (χ1v) is 8.37. The maximum Gasteiger partial charge on any atom is 0.203 e. The van der Waals surface area contributed by atoms with Crippen molar-refractivity contribution >= 4 is 0 Å². The largest absolute Gasteiger partial charge is 0.497 e. The number of rotatable bonds is 6. The van der Waals surface area contributed by atoms with Crippen molar-refractivity contribution < 1.29 is 28.1 Å². The fraction of sp³-hybridized carbons (Fsp3) is 0.400. The molecule has 1 unspecified atom stereocenters. The Morgan fingerprint density at radius 2 is 1.73 bits per heavy atom. The van der Waals surface area contributed by atoms with E-state index in [-0.39, 0.29) is 11.7 Å². The van der Waals surface area contributed by atoms with Crippen molar-refractivity contribution in [2.45, 2.75) is 12.8 Å². The van der Waals surface area contributed by atoms with Gasteiger partial charge in [-0.3, -0.25) is 0 Å². The molecule has 1 atom stereocenters. The van der Waals surface area contributed by atoms with Crippen LogP contribution in [0.2, 0.25) is 0 Å². The number of hydrogen-bond acceptors (Lipinski definition) is 5. The topological polar surface area (TPSA) is 46.2 Å². The Labute approximate surface area is 152 Å². The van der Waals surface area contributed by atoms with Crippen molar-refractivity contribution in [1.29, 1.82) is 0 Å². The zero-order valence-electron chi connectivity index (χ0n) is 15.4. The highest BCUT2D eigenvalue weighted by atomic mass is 19.1. The standard InChI is InChI=1S/C20H23FO5/c1-22-15-7-12(6-14(21)9-15)5-13-8-16-17(26-11-13)10-18(23-2)20(25-4)19(16)24-3/h6-7,9-10,13H,5,8,11H2,1-4H3. The highest BCUT2D eigenvalue weighted by molar-refractivity contribution is 5.62. The normalized spacial score (nSPS) is 15.7. The Morgan fingerprint density at radius 3 is 2.38 bits per heavy atom. The SMILES string of the molecule is COc1cc(F)cc(CC2COc3cc(OC)c(OC)c(OC)c3C2)c1. The average molecular weight is 362 g/mol. The van der Waals surface area contributed by atoms with Gasteiger partial charge in [0.05, 0.1) is 35.0 Å². The van der Waals surface area contributed by atoms with Crippen LogP contribution in [0.5, 0.6) is 28.7 Å². The van der Waals surface area contributed by atoms with Crippen molar-refractivity contribution in [3.05, 3.63) is 41.2 Å². The Kier molecular flexibility index (Phi) is 5.40. The van der Waals surface area contributed by atoms with Crippen molar-refractivity contribution in [3.63, 3.8) is 0 Å². The molecule has 3 rings (SSSR count). The summed E-state index contributed by atoms with van der Waals surface area (Å²) in [5.74, 6) is 2.85. The summed E-state index contributed by atoms with van der Waals surface area (Å²) in [5.41, 5.74) is 1.81. The van der Waals surface area contributed by atoms with Crippen molar-refractivity contribution in [3.8, 4) is 28.7 Å². The predicted molar refractivity (Wildman–Crippen MR) is 95.4 cm³/mol. The lowest BCUT2D eigenvalue weighted by Crippen LogP contribution is -2.23. The van der Waals surface area contributed by atoms with E-state index < -0.39 is 0 Å². The second kappa shape index (κ2) is 7.72. The van der Waals surface area contributed by atoms with Crippen molar-refractivity contribution in [2.75, 3.05) is 35.0 Å². The summed E-state index contributed by atoms with van der Waals surface area (Å²) in [5, 5.41) is 0. The minimum Gasteiger partial charge on any atom is -0.497 e. The third-order valence-corrected chi connectivity index (χ3v) is 4.55. The van der Waals surface area contributed by atoms with Gasteiger partial charge >= 0.3 is 0 Å². The van der Waals surface area contributed by atoms with Crippen LogP contribution in [0, 0.1) is 11.7 Å². The lowest BCUT2D eigenvalue weighted by atomic mass is 9.90. The molecular formula is C20H23FO5. The molecule has 0 spiro atoms. The number of ether oxygens (including phenoxy) is 5. The van der Waals surface area contributed by atoms with Gasteiger partial charge in [-0.25, -0.2) is 4.39 Å². The first-order chi connectivity index (χ1) is 12.6. The van der Waals surface area contributed by atoms with Gasteiger partial charge in [-0.1, -0.05) is 0 Å². The zero-order valence-corrected chi connectivity index (χ0v) is 15.4. The molecule has 0 saturated carbocycles. The van der Waals surface area contributed by atoms with E-state index >= 15 is 0 Å². The van der Waals surface area contributed by atoms with Crippen LogP contribution in [0.25, 0.3) is 0 Å². The number of hydrogen-bond donors (Lipinski definition) is 0. The highest BCUT2D eigenvalue weighted by Crippen LogP contribution is 2.47. The van der Waals surface area contributed by atoms with E-state index in [1.54, 1.807) is 21.3 Å². The van der Waals surface area contributed by atoms with Gasteiger partial charge in [0.15, 0.2) is 11.5 Å². The number of halogens is 1. The number of benzene rings is 2. The molecule has 0 saturated heterocycles. The Balaban J connectivity index is 1.88. The zero-order chi connectivity index (χ0) is 18.7. The van der Waals surface area contributed by atoms with Gasteiger partial charge in [-0.05, 0) is 30.5 Å². The molecule has 1 aliphatic rings. The van der Waals surface area contributed by atoms with E-state index in [1.165, 1.54) is 19.2 Å². The summed E-state index contributed by atoms with van der Waals surface area (Å²) in [4.78, 5) is 0. The average Bonchev–Trinajstić information content (AvgIpc) is 2.65. The molecule has 140 valence electrons. The van der Waals surface area contributed by atoms with Crippen LogP contribution < -0.4 is 23.7 Å². The van der Waals surface area contributed by atoms with E-state index in [2.05, 4.69) is 0 Å². The maximum atomic E-state index is 13.7. The molecule has 0 N–H and O–H groups in total. The van der Waals surface area contributed by atoms with Crippen LogP contribution in [-0.2, 0) is 12.8 Å². The molecule has 0 aromatic heterocycles. The molecule has 5 nitrogen and oxygen atoms in total. The van der Waals surface area contributed by atoms with Gasteiger partial charge in [0.1, 0.15) is 17.3 Å². The molecule has 0 fully saturated rings. The first kappa shape index (κ1) is 18.2. The number of fused-ring (bicyclic) bond motifs is 1. The molecule has 26 heavy (non-hydrogen) atoms. The lowest BCUT2D eigenvalue weighted by molar-refractivity contribution is 0.213. The molecule has 1 heterocycles. The monoisotopic (exact) mass is 362 g/mol. The summed E-state index contributed by atoms with van der Waals surface area (Å²) in [6.45, 7) is 0.532. The Hall–Kier alpha value is -2.63. The van der Waals surface area contributed by atoms with Crippen molar-refractivity contribution in [1.82, 2.24) is 0 Å². The first-order valence-electron chi connectivity index (χ1n) is 8.37. The van der Waals surface area contributed by atoms with Gasteiger partial charge in [-0.2, -0.15) is 0 Å². The van der Waals surface area contributed by atoms with E-state index in [4.69, 9.17) is 23.7 Å². The molecular weight excluding hydrogens is 339 g/mol. The second-order valence-electron chi connectivity index (χ2n) is 6.21. The van der Waals surface area contributed by atoms with Crippen molar-refractivity contribution in [2.24, 2.45) is 5.92 Å². The Morgan fingerprint density at radius 1 is 0.962 bits per heavy atom. The van der Waals surface area contributed by atoms with Gasteiger partial charge in [-0.15, -0.1) is 0 Å². The second-order valence-corrected chi connectivity index (χ2v) is 6.21. The van der Waals surface area contributed by atoms with Crippen LogP contribution in [0.1, 0.15) is 11.1 Å². The summed E-state index contributed by atoms with van der Waals surface area (Å²) >= 11 is 0. The maximum absolute atomic E-state index is 13.7. The highest BCUT2D eigenvalue weighted by Gasteiger charge is 2.28. The predicted octanol–water partition coefficient (Wildman–Crippen LogP) is 3.65.